The fourth-order valence-electron chi connectivity index (χ4n) is 3.05. The molecule has 7 nitrogen and oxygen atoms in total. The quantitative estimate of drug-likeness (QED) is 0.809. The molecular formula is C16H24ClN3O4S. The van der Waals surface area contributed by atoms with E-state index in [0.29, 0.717) is 44.0 Å². The molecule has 140 valence electrons. The van der Waals surface area contributed by atoms with Crippen LogP contribution in [0.25, 0.3) is 0 Å². The lowest BCUT2D eigenvalue weighted by Crippen LogP contribution is -2.43. The molecule has 0 aliphatic carbocycles. The molecule has 1 aromatic rings. The Balaban J connectivity index is 0.00000225. The topological polar surface area (TPSA) is 87.7 Å². The first-order valence-corrected chi connectivity index (χ1v) is 9.79. The molecule has 3 rings (SSSR count). The number of hydrogen-bond donors (Lipinski definition) is 2. The first kappa shape index (κ1) is 20.0. The van der Waals surface area contributed by atoms with Crippen LogP contribution in [-0.2, 0) is 19.6 Å². The van der Waals surface area contributed by atoms with E-state index in [-0.39, 0.29) is 30.1 Å². The number of morpholine rings is 1. The summed E-state index contributed by atoms with van der Waals surface area (Å²) < 4.78 is 31.0. The highest BCUT2D eigenvalue weighted by atomic mass is 35.5. The summed E-state index contributed by atoms with van der Waals surface area (Å²) in [6.45, 7) is 4.31. The molecule has 2 aliphatic rings. The summed E-state index contributed by atoms with van der Waals surface area (Å²) in [5, 5.41) is 6.09. The average Bonchev–Trinajstić information content (AvgIpc) is 2.89. The number of nitrogens with one attached hydrogen (secondary N) is 2. The van der Waals surface area contributed by atoms with Gasteiger partial charge < -0.3 is 15.4 Å². The number of sulfonamides is 1. The van der Waals surface area contributed by atoms with Crippen LogP contribution in [0.1, 0.15) is 18.4 Å². The standard InChI is InChI=1S/C16H23N3O4S.ClH/c1-12-3-4-13(9-15(12)19-6-2-8-24(19,21)22)18-16(20)10-14-11-23-7-5-17-14;/h3-4,9,14,17H,2,5-8,10-11H2,1H3,(H,18,20);1H. The average molecular weight is 390 g/mol. The molecule has 2 fully saturated rings. The number of carbonyl (C=O) groups excluding carboxylic acids is 1. The van der Waals surface area contributed by atoms with Crippen LogP contribution < -0.4 is 14.9 Å². The Morgan fingerprint density at radius 2 is 2.24 bits per heavy atom. The van der Waals surface area contributed by atoms with Crippen molar-refractivity contribution in [3.05, 3.63) is 23.8 Å². The van der Waals surface area contributed by atoms with Gasteiger partial charge in [0.1, 0.15) is 0 Å². The highest BCUT2D eigenvalue weighted by Gasteiger charge is 2.29. The summed E-state index contributed by atoms with van der Waals surface area (Å²) in [7, 11) is -3.24. The Kier molecular flexibility index (Phi) is 6.67. The molecule has 0 radical (unpaired) electrons. The third-order valence-corrected chi connectivity index (χ3v) is 6.15. The number of nitrogens with zero attached hydrogens (tertiary/aromatic N) is 1. The van der Waals surface area contributed by atoms with Crippen LogP contribution in [0.5, 0.6) is 0 Å². The van der Waals surface area contributed by atoms with Crippen molar-refractivity contribution >= 4 is 39.7 Å². The van der Waals surface area contributed by atoms with Gasteiger partial charge in [-0.1, -0.05) is 6.07 Å². The highest BCUT2D eigenvalue weighted by Crippen LogP contribution is 2.30. The van der Waals surface area contributed by atoms with Crippen LogP contribution in [-0.4, -0.2) is 52.4 Å². The number of benzene rings is 1. The SMILES string of the molecule is Cc1ccc(NC(=O)CC2COCCN2)cc1N1CCCS1(=O)=O.Cl. The number of rotatable bonds is 4. The zero-order valence-electron chi connectivity index (χ0n) is 14.2. The van der Waals surface area contributed by atoms with E-state index in [4.69, 9.17) is 4.74 Å². The summed E-state index contributed by atoms with van der Waals surface area (Å²) in [5.41, 5.74) is 2.13. The Labute approximate surface area is 154 Å². The van der Waals surface area contributed by atoms with Crippen molar-refractivity contribution in [2.75, 3.05) is 41.7 Å². The van der Waals surface area contributed by atoms with Crippen LogP contribution in [0.15, 0.2) is 18.2 Å². The highest BCUT2D eigenvalue weighted by molar-refractivity contribution is 7.93. The van der Waals surface area contributed by atoms with Gasteiger partial charge in [0.2, 0.25) is 15.9 Å². The molecule has 2 heterocycles. The second-order valence-electron chi connectivity index (χ2n) is 6.22. The van der Waals surface area contributed by atoms with Crippen LogP contribution in [0.3, 0.4) is 0 Å². The Bertz CT molecular complexity index is 720. The van der Waals surface area contributed by atoms with Crippen LogP contribution in [0.4, 0.5) is 11.4 Å². The predicted molar refractivity (Wildman–Crippen MR) is 100 cm³/mol. The number of hydrogen-bond acceptors (Lipinski definition) is 5. The molecule has 1 amide bonds. The Morgan fingerprint density at radius 3 is 2.88 bits per heavy atom. The zero-order valence-corrected chi connectivity index (χ0v) is 15.8. The number of amides is 1. The minimum absolute atomic E-state index is 0. The van der Waals surface area contributed by atoms with Gasteiger partial charge in [0.05, 0.1) is 24.7 Å². The van der Waals surface area contributed by atoms with Crippen LogP contribution in [0.2, 0.25) is 0 Å². The molecule has 0 saturated carbocycles. The number of aryl methyl sites for hydroxylation is 1. The van der Waals surface area contributed by atoms with Crippen molar-refractivity contribution < 1.29 is 17.9 Å². The molecule has 2 saturated heterocycles. The molecule has 2 N–H and O–H groups in total. The molecule has 1 aromatic carbocycles. The minimum atomic E-state index is -3.24. The maximum atomic E-state index is 12.2. The van der Waals surface area contributed by atoms with Gasteiger partial charge in [0.15, 0.2) is 0 Å². The van der Waals surface area contributed by atoms with E-state index in [1.165, 1.54) is 4.31 Å². The second kappa shape index (κ2) is 8.35. The number of anilines is 2. The predicted octanol–water partition coefficient (Wildman–Crippen LogP) is 1.27. The minimum Gasteiger partial charge on any atom is -0.378 e. The Hall–Kier alpha value is -1.35. The fourth-order valence-corrected chi connectivity index (χ4v) is 4.67. The second-order valence-corrected chi connectivity index (χ2v) is 8.23. The molecule has 9 heteroatoms. The molecule has 0 bridgehead atoms. The molecule has 2 aliphatic heterocycles. The summed E-state index contributed by atoms with van der Waals surface area (Å²) in [6, 6.07) is 5.38. The van der Waals surface area contributed by atoms with Crippen molar-refractivity contribution in [3.8, 4) is 0 Å². The van der Waals surface area contributed by atoms with Gasteiger partial charge in [-0.05, 0) is 31.0 Å². The smallest absolute Gasteiger partial charge is 0.235 e. The zero-order chi connectivity index (χ0) is 17.2. The van der Waals surface area contributed by atoms with Crippen molar-refractivity contribution in [2.24, 2.45) is 0 Å². The lowest BCUT2D eigenvalue weighted by atomic mass is 10.1. The van der Waals surface area contributed by atoms with E-state index in [9.17, 15) is 13.2 Å². The summed E-state index contributed by atoms with van der Waals surface area (Å²) in [5.74, 6) is 0.0631. The molecular weight excluding hydrogens is 366 g/mol. The number of carbonyl (C=O) groups is 1. The van der Waals surface area contributed by atoms with E-state index in [2.05, 4.69) is 10.6 Å². The largest absolute Gasteiger partial charge is 0.378 e. The van der Waals surface area contributed by atoms with E-state index in [0.717, 1.165) is 12.1 Å². The van der Waals surface area contributed by atoms with E-state index in [1.807, 2.05) is 13.0 Å². The third kappa shape index (κ3) is 4.84. The van der Waals surface area contributed by atoms with Crippen LogP contribution >= 0.6 is 12.4 Å². The van der Waals surface area contributed by atoms with Gasteiger partial charge in [-0.3, -0.25) is 9.10 Å². The van der Waals surface area contributed by atoms with Gasteiger partial charge in [0.25, 0.3) is 0 Å². The van der Waals surface area contributed by atoms with E-state index in [1.54, 1.807) is 12.1 Å². The van der Waals surface area contributed by atoms with E-state index < -0.39 is 10.0 Å². The lowest BCUT2D eigenvalue weighted by molar-refractivity contribution is -0.117. The van der Waals surface area contributed by atoms with E-state index >= 15 is 0 Å². The van der Waals surface area contributed by atoms with Crippen molar-refractivity contribution in [1.82, 2.24) is 5.32 Å². The monoisotopic (exact) mass is 389 g/mol. The molecule has 0 spiro atoms. The van der Waals surface area contributed by atoms with Gasteiger partial charge in [0, 0.05) is 31.2 Å². The van der Waals surface area contributed by atoms with Crippen molar-refractivity contribution in [2.45, 2.75) is 25.8 Å². The maximum Gasteiger partial charge on any atom is 0.235 e. The van der Waals surface area contributed by atoms with Crippen LogP contribution in [0, 0.1) is 6.92 Å². The summed E-state index contributed by atoms with van der Waals surface area (Å²) >= 11 is 0. The molecule has 0 aromatic heterocycles. The molecule has 1 atom stereocenters. The van der Waals surface area contributed by atoms with Gasteiger partial charge in [-0.15, -0.1) is 12.4 Å². The van der Waals surface area contributed by atoms with Gasteiger partial charge in [-0.2, -0.15) is 0 Å². The normalized spacial score (nSPS) is 22.3. The third-order valence-electron chi connectivity index (χ3n) is 4.29. The maximum absolute atomic E-state index is 12.2. The summed E-state index contributed by atoms with van der Waals surface area (Å²) in [4.78, 5) is 12.2. The number of halogens is 1. The van der Waals surface area contributed by atoms with Crippen molar-refractivity contribution in [1.29, 1.82) is 0 Å². The first-order valence-electron chi connectivity index (χ1n) is 8.18. The fraction of sp³-hybridized carbons (Fsp3) is 0.562. The first-order chi connectivity index (χ1) is 11.5. The lowest BCUT2D eigenvalue weighted by Gasteiger charge is -2.23. The Morgan fingerprint density at radius 1 is 1.44 bits per heavy atom. The van der Waals surface area contributed by atoms with Gasteiger partial charge in [-0.25, -0.2) is 8.42 Å². The molecule has 25 heavy (non-hydrogen) atoms. The number of ether oxygens (including phenoxy) is 1. The van der Waals surface area contributed by atoms with Crippen molar-refractivity contribution in [3.63, 3.8) is 0 Å². The summed E-state index contributed by atoms with van der Waals surface area (Å²) in [6.07, 6.45) is 0.955. The molecule has 1 unspecified atom stereocenters. The van der Waals surface area contributed by atoms with Gasteiger partial charge >= 0.3 is 0 Å².